The Hall–Kier alpha value is -2.97. The zero-order valence-electron chi connectivity index (χ0n) is 13.5. The lowest BCUT2D eigenvalue weighted by atomic mass is 9.95. The number of carbonyl (C=O) groups excluding carboxylic acids is 1. The minimum Gasteiger partial charge on any atom is -0.462 e. The fraction of sp³-hybridized carbons (Fsp3) is 0.158. The quantitative estimate of drug-likeness (QED) is 0.499. The number of ether oxygens (including phenoxy) is 1. The monoisotopic (exact) mass is 353 g/mol. The Labute approximate surface area is 150 Å². The van der Waals surface area contributed by atoms with Gasteiger partial charge < -0.3 is 15.4 Å². The summed E-state index contributed by atoms with van der Waals surface area (Å²) in [4.78, 5) is 12.1. The van der Waals surface area contributed by atoms with Crippen LogP contribution in [0.1, 0.15) is 24.1 Å². The maximum absolute atomic E-state index is 12.1. The van der Waals surface area contributed by atoms with Crippen molar-refractivity contribution in [1.82, 2.24) is 5.32 Å². The van der Waals surface area contributed by atoms with Gasteiger partial charge in [-0.05, 0) is 30.7 Å². The second-order valence-corrected chi connectivity index (χ2v) is 5.86. The second kappa shape index (κ2) is 7.29. The third-order valence-electron chi connectivity index (χ3n) is 3.85. The van der Waals surface area contributed by atoms with Crippen molar-refractivity contribution in [2.45, 2.75) is 13.0 Å². The fourth-order valence-electron chi connectivity index (χ4n) is 2.73. The molecule has 3 rings (SSSR count). The number of hydrogen-bond acceptors (Lipinski definition) is 5. The van der Waals surface area contributed by atoms with Crippen LogP contribution in [0.2, 0.25) is 5.02 Å². The van der Waals surface area contributed by atoms with Gasteiger partial charge in [0.15, 0.2) is 5.57 Å². The van der Waals surface area contributed by atoms with Gasteiger partial charge in [-0.15, -0.1) is 0 Å². The van der Waals surface area contributed by atoms with E-state index in [4.69, 9.17) is 16.3 Å². The maximum Gasteiger partial charge on any atom is 0.352 e. The van der Waals surface area contributed by atoms with E-state index in [1.165, 1.54) is 0 Å². The van der Waals surface area contributed by atoms with Crippen molar-refractivity contribution in [2.24, 2.45) is 0 Å². The summed E-state index contributed by atoms with van der Waals surface area (Å²) < 4.78 is 4.98. The highest BCUT2D eigenvalue weighted by atomic mass is 35.5. The maximum atomic E-state index is 12.1. The summed E-state index contributed by atoms with van der Waals surface area (Å²) >= 11 is 6.15. The number of esters is 1. The number of carbonyl (C=O) groups is 1. The van der Waals surface area contributed by atoms with Crippen LogP contribution in [0, 0.1) is 11.3 Å². The summed E-state index contributed by atoms with van der Waals surface area (Å²) in [5.41, 5.74) is 2.61. The Morgan fingerprint density at radius 3 is 2.72 bits per heavy atom. The molecule has 0 saturated carbocycles. The van der Waals surface area contributed by atoms with Gasteiger partial charge >= 0.3 is 5.97 Å². The molecule has 2 aromatic carbocycles. The molecule has 1 aliphatic heterocycles. The van der Waals surface area contributed by atoms with Crippen LogP contribution in [0.5, 0.6) is 0 Å². The van der Waals surface area contributed by atoms with E-state index in [1.807, 2.05) is 48.5 Å². The number of hydrogen-bond donors (Lipinski definition) is 2. The molecule has 2 N–H and O–H groups in total. The highest BCUT2D eigenvalue weighted by Crippen LogP contribution is 2.36. The van der Waals surface area contributed by atoms with Crippen molar-refractivity contribution in [1.29, 1.82) is 5.26 Å². The molecule has 0 aliphatic carbocycles. The molecule has 25 heavy (non-hydrogen) atoms. The molecule has 126 valence electrons. The van der Waals surface area contributed by atoms with Crippen LogP contribution in [0.4, 0.5) is 5.69 Å². The van der Waals surface area contributed by atoms with Gasteiger partial charge in [-0.25, -0.2) is 4.79 Å². The number of rotatable bonds is 3. The molecular formula is C19H16ClN3O2. The molecule has 0 spiro atoms. The highest BCUT2D eigenvalue weighted by Gasteiger charge is 2.28. The van der Waals surface area contributed by atoms with Crippen LogP contribution in [-0.2, 0) is 9.53 Å². The van der Waals surface area contributed by atoms with E-state index >= 15 is 0 Å². The molecule has 0 saturated heterocycles. The van der Waals surface area contributed by atoms with Gasteiger partial charge in [0, 0.05) is 16.3 Å². The molecule has 1 aliphatic rings. The molecule has 2 aromatic rings. The molecule has 0 fully saturated rings. The highest BCUT2D eigenvalue weighted by molar-refractivity contribution is 6.30. The Morgan fingerprint density at radius 2 is 2.04 bits per heavy atom. The van der Waals surface area contributed by atoms with E-state index in [9.17, 15) is 10.1 Å². The molecule has 6 heteroatoms. The standard InChI is InChI=1S/C19H16ClN3O2/c1-2-25-19(24)15(11-21)18-22-16-9-8-13(20)10-14(16)17(23-18)12-6-4-3-5-7-12/h3-10,17,22-23H,2H2,1H3. The van der Waals surface area contributed by atoms with Gasteiger partial charge in [0.2, 0.25) is 0 Å². The Balaban J connectivity index is 2.11. The first-order valence-corrected chi connectivity index (χ1v) is 8.21. The van der Waals surface area contributed by atoms with E-state index in [0.29, 0.717) is 10.8 Å². The number of benzene rings is 2. The predicted molar refractivity (Wildman–Crippen MR) is 95.8 cm³/mol. The van der Waals surface area contributed by atoms with Crippen molar-refractivity contribution >= 4 is 23.3 Å². The van der Waals surface area contributed by atoms with Gasteiger partial charge in [-0.2, -0.15) is 5.26 Å². The first kappa shape index (κ1) is 16.9. The summed E-state index contributed by atoms with van der Waals surface area (Å²) in [5.74, 6) is -0.339. The average molecular weight is 354 g/mol. The SMILES string of the molecule is CCOC(=O)C(C#N)=C1Nc2ccc(Cl)cc2C(c2ccccc2)N1. The minimum atomic E-state index is -0.663. The fourth-order valence-corrected chi connectivity index (χ4v) is 2.91. The summed E-state index contributed by atoms with van der Waals surface area (Å²) in [6.45, 7) is 1.90. The number of nitriles is 1. The molecule has 1 atom stereocenters. The molecule has 0 amide bonds. The van der Waals surface area contributed by atoms with Gasteiger partial charge in [0.1, 0.15) is 11.9 Å². The van der Waals surface area contributed by atoms with Crippen LogP contribution in [0.15, 0.2) is 59.9 Å². The molecule has 0 aromatic heterocycles. The Bertz CT molecular complexity index is 872. The Morgan fingerprint density at radius 1 is 1.28 bits per heavy atom. The minimum absolute atomic E-state index is 0.0941. The summed E-state index contributed by atoms with van der Waals surface area (Å²) in [6.07, 6.45) is 0. The largest absolute Gasteiger partial charge is 0.462 e. The average Bonchev–Trinajstić information content (AvgIpc) is 2.63. The van der Waals surface area contributed by atoms with Crippen molar-refractivity contribution in [3.63, 3.8) is 0 Å². The molecule has 0 bridgehead atoms. The van der Waals surface area contributed by atoms with E-state index in [0.717, 1.165) is 16.8 Å². The lowest BCUT2D eigenvalue weighted by molar-refractivity contribution is -0.138. The zero-order chi connectivity index (χ0) is 17.8. The van der Waals surface area contributed by atoms with E-state index in [2.05, 4.69) is 10.6 Å². The lowest BCUT2D eigenvalue weighted by Crippen LogP contribution is -2.34. The third kappa shape index (κ3) is 3.44. The first-order valence-electron chi connectivity index (χ1n) is 7.83. The number of fused-ring (bicyclic) bond motifs is 1. The first-order chi connectivity index (χ1) is 12.1. The van der Waals surface area contributed by atoms with Gasteiger partial charge in [-0.1, -0.05) is 41.9 Å². The number of nitrogens with zero attached hydrogens (tertiary/aromatic N) is 1. The van der Waals surface area contributed by atoms with Gasteiger partial charge in [0.25, 0.3) is 0 Å². The summed E-state index contributed by atoms with van der Waals surface area (Å²) in [7, 11) is 0. The second-order valence-electron chi connectivity index (χ2n) is 5.43. The normalized spacial score (nSPS) is 17.4. The van der Waals surface area contributed by atoms with Gasteiger partial charge in [-0.3, -0.25) is 0 Å². The van der Waals surface area contributed by atoms with E-state index < -0.39 is 5.97 Å². The van der Waals surface area contributed by atoms with Crippen LogP contribution in [0.3, 0.4) is 0 Å². The van der Waals surface area contributed by atoms with Crippen molar-refractivity contribution in [3.8, 4) is 6.07 Å². The molecule has 5 nitrogen and oxygen atoms in total. The van der Waals surface area contributed by atoms with Crippen molar-refractivity contribution in [3.05, 3.63) is 76.1 Å². The Kier molecular flexibility index (Phi) is 4.92. The topological polar surface area (TPSA) is 74.2 Å². The molecular weight excluding hydrogens is 338 g/mol. The molecule has 0 radical (unpaired) electrons. The smallest absolute Gasteiger partial charge is 0.352 e. The van der Waals surface area contributed by atoms with Crippen LogP contribution in [-0.4, -0.2) is 12.6 Å². The summed E-state index contributed by atoms with van der Waals surface area (Å²) in [5, 5.41) is 16.4. The number of anilines is 1. The zero-order valence-corrected chi connectivity index (χ0v) is 14.3. The summed E-state index contributed by atoms with van der Waals surface area (Å²) in [6, 6.07) is 16.9. The van der Waals surface area contributed by atoms with Crippen molar-refractivity contribution < 1.29 is 9.53 Å². The van der Waals surface area contributed by atoms with Crippen LogP contribution in [0.25, 0.3) is 0 Å². The van der Waals surface area contributed by atoms with E-state index in [-0.39, 0.29) is 18.2 Å². The molecule has 1 unspecified atom stereocenters. The number of halogens is 1. The lowest BCUT2D eigenvalue weighted by Gasteiger charge is -2.31. The predicted octanol–water partition coefficient (Wildman–Crippen LogP) is 3.74. The number of nitrogens with one attached hydrogen (secondary N) is 2. The van der Waals surface area contributed by atoms with Crippen LogP contribution < -0.4 is 10.6 Å². The van der Waals surface area contributed by atoms with Gasteiger partial charge in [0.05, 0.1) is 12.6 Å². The van der Waals surface area contributed by atoms with Crippen molar-refractivity contribution in [2.75, 3.05) is 11.9 Å². The van der Waals surface area contributed by atoms with E-state index in [1.54, 1.807) is 13.0 Å². The molecule has 1 heterocycles. The third-order valence-corrected chi connectivity index (χ3v) is 4.08. The van der Waals surface area contributed by atoms with Crippen LogP contribution >= 0.6 is 11.6 Å².